The van der Waals surface area contributed by atoms with E-state index in [0.717, 1.165) is 0 Å². The zero-order valence-corrected chi connectivity index (χ0v) is 13.7. The summed E-state index contributed by atoms with van der Waals surface area (Å²) in [5.74, 6) is -0.254. The smallest absolute Gasteiger partial charge is 0.269 e. The molecule has 5 nitrogen and oxygen atoms in total. The number of hydrogen-bond acceptors (Lipinski definition) is 4. The summed E-state index contributed by atoms with van der Waals surface area (Å²) in [5.41, 5.74) is 1.68. The van der Waals surface area contributed by atoms with Crippen molar-refractivity contribution >= 4 is 46.2 Å². The molecule has 1 aliphatic rings. The van der Waals surface area contributed by atoms with Crippen molar-refractivity contribution in [1.82, 2.24) is 0 Å². The second-order valence-electron chi connectivity index (χ2n) is 4.94. The van der Waals surface area contributed by atoms with Crippen molar-refractivity contribution in [2.24, 2.45) is 15.3 Å². The first-order valence-corrected chi connectivity index (χ1v) is 7.62. The molecule has 116 valence electrons. The van der Waals surface area contributed by atoms with Gasteiger partial charge in [-0.3, -0.25) is 4.79 Å². The Hall–Kier alpha value is -2.24. The Morgan fingerprint density at radius 3 is 2.61 bits per heavy atom. The summed E-state index contributed by atoms with van der Waals surface area (Å²) in [6.45, 7) is 1.74. The van der Waals surface area contributed by atoms with Crippen LogP contribution in [0.1, 0.15) is 6.92 Å². The Bertz CT molecular complexity index is 805. The molecular formula is C16H12Cl2N4O. The lowest BCUT2D eigenvalue weighted by atomic mass is 10.2. The third-order valence-corrected chi connectivity index (χ3v) is 3.84. The van der Waals surface area contributed by atoms with Crippen LogP contribution < -0.4 is 5.01 Å². The Labute approximate surface area is 143 Å². The normalized spacial score (nSPS) is 17.9. The fourth-order valence-electron chi connectivity index (χ4n) is 2.13. The first-order chi connectivity index (χ1) is 11.1. The summed E-state index contributed by atoms with van der Waals surface area (Å²) in [7, 11) is 0. The van der Waals surface area contributed by atoms with E-state index in [4.69, 9.17) is 23.2 Å². The van der Waals surface area contributed by atoms with Crippen molar-refractivity contribution in [1.29, 1.82) is 0 Å². The molecule has 1 aliphatic heterocycles. The predicted molar refractivity (Wildman–Crippen MR) is 91.8 cm³/mol. The summed E-state index contributed by atoms with van der Waals surface area (Å²) in [5, 5.41) is 14.7. The van der Waals surface area contributed by atoms with E-state index in [2.05, 4.69) is 15.3 Å². The monoisotopic (exact) mass is 346 g/mol. The third kappa shape index (κ3) is 3.25. The molecule has 1 unspecified atom stereocenters. The molecule has 0 N–H and O–H groups in total. The molecule has 0 fully saturated rings. The number of benzene rings is 2. The molecule has 0 aromatic heterocycles. The van der Waals surface area contributed by atoms with Crippen LogP contribution in [0.2, 0.25) is 10.0 Å². The maximum atomic E-state index is 12.5. The predicted octanol–water partition coefficient (Wildman–Crippen LogP) is 4.87. The van der Waals surface area contributed by atoms with Gasteiger partial charge in [-0.2, -0.15) is 20.3 Å². The van der Waals surface area contributed by atoms with Crippen LogP contribution in [0.15, 0.2) is 63.9 Å². The van der Waals surface area contributed by atoms with Gasteiger partial charge in [-0.05, 0) is 37.3 Å². The molecule has 3 rings (SSSR count). The summed E-state index contributed by atoms with van der Waals surface area (Å²) < 4.78 is 0. The molecule has 2 aromatic rings. The van der Waals surface area contributed by atoms with Crippen LogP contribution in [0, 0.1) is 0 Å². The van der Waals surface area contributed by atoms with Gasteiger partial charge >= 0.3 is 0 Å². The quantitative estimate of drug-likeness (QED) is 0.731. The minimum Gasteiger partial charge on any atom is -0.269 e. The van der Waals surface area contributed by atoms with E-state index in [1.807, 2.05) is 30.3 Å². The van der Waals surface area contributed by atoms with Gasteiger partial charge in [0.1, 0.15) is 5.69 Å². The summed E-state index contributed by atoms with van der Waals surface area (Å²) in [6, 6.07) is 13.3. The first-order valence-electron chi connectivity index (χ1n) is 6.86. The number of rotatable bonds is 3. The molecule has 1 heterocycles. The minimum atomic E-state index is -0.759. The standard InChI is InChI=1S/C16H12Cl2N4O/c1-10-15(20-19-14-9-11(17)7-8-13(14)18)16(23)22(21-10)12-5-3-2-4-6-12/h2-9,15H,1H3/b20-19+. The Morgan fingerprint density at radius 1 is 1.13 bits per heavy atom. The highest BCUT2D eigenvalue weighted by atomic mass is 35.5. The van der Waals surface area contributed by atoms with Gasteiger partial charge in [0.2, 0.25) is 0 Å². The van der Waals surface area contributed by atoms with Crippen LogP contribution in [-0.4, -0.2) is 17.7 Å². The molecule has 0 saturated carbocycles. The van der Waals surface area contributed by atoms with Gasteiger partial charge in [-0.1, -0.05) is 41.4 Å². The van der Waals surface area contributed by atoms with Crippen molar-refractivity contribution in [3.8, 4) is 0 Å². The molecule has 2 aromatic carbocycles. The van der Waals surface area contributed by atoms with E-state index in [1.54, 1.807) is 25.1 Å². The van der Waals surface area contributed by atoms with Gasteiger partial charge in [0.05, 0.1) is 16.4 Å². The average Bonchev–Trinajstić information content (AvgIpc) is 2.84. The fourth-order valence-corrected chi connectivity index (χ4v) is 2.45. The molecule has 0 aliphatic carbocycles. The van der Waals surface area contributed by atoms with Crippen molar-refractivity contribution in [2.75, 3.05) is 5.01 Å². The second kappa shape index (κ2) is 6.48. The van der Waals surface area contributed by atoms with Gasteiger partial charge in [-0.15, -0.1) is 0 Å². The zero-order valence-electron chi connectivity index (χ0n) is 12.1. The lowest BCUT2D eigenvalue weighted by Gasteiger charge is -2.11. The average molecular weight is 347 g/mol. The number of para-hydroxylation sites is 1. The maximum Gasteiger partial charge on any atom is 0.280 e. The number of hydrogen-bond donors (Lipinski definition) is 0. The number of azo groups is 1. The summed E-state index contributed by atoms with van der Waals surface area (Å²) in [6.07, 6.45) is 0. The van der Waals surface area contributed by atoms with E-state index in [-0.39, 0.29) is 5.91 Å². The van der Waals surface area contributed by atoms with Gasteiger partial charge in [0.25, 0.3) is 5.91 Å². The van der Waals surface area contributed by atoms with E-state index in [0.29, 0.717) is 27.1 Å². The van der Waals surface area contributed by atoms with E-state index in [1.165, 1.54) is 5.01 Å². The third-order valence-electron chi connectivity index (χ3n) is 3.29. The number of nitrogens with zero attached hydrogens (tertiary/aromatic N) is 4. The van der Waals surface area contributed by atoms with Crippen LogP contribution in [0.5, 0.6) is 0 Å². The SMILES string of the molecule is CC1=NN(c2ccccc2)C(=O)C1/N=N/c1cc(Cl)ccc1Cl. The van der Waals surface area contributed by atoms with Crippen LogP contribution in [0.3, 0.4) is 0 Å². The van der Waals surface area contributed by atoms with Gasteiger partial charge in [0.15, 0.2) is 6.04 Å². The number of halogens is 2. The van der Waals surface area contributed by atoms with Crippen LogP contribution in [0.25, 0.3) is 0 Å². The molecule has 23 heavy (non-hydrogen) atoms. The topological polar surface area (TPSA) is 57.4 Å². The number of amides is 1. The molecule has 7 heteroatoms. The van der Waals surface area contributed by atoms with Crippen LogP contribution >= 0.6 is 23.2 Å². The van der Waals surface area contributed by atoms with Crippen molar-refractivity contribution < 1.29 is 4.79 Å². The highest BCUT2D eigenvalue weighted by Gasteiger charge is 2.34. The molecule has 0 saturated heterocycles. The van der Waals surface area contributed by atoms with Gasteiger partial charge < -0.3 is 0 Å². The second-order valence-corrected chi connectivity index (χ2v) is 5.78. The number of anilines is 1. The Balaban J connectivity index is 1.85. The molecule has 1 atom stereocenters. The van der Waals surface area contributed by atoms with Gasteiger partial charge in [-0.25, -0.2) is 0 Å². The van der Waals surface area contributed by atoms with Crippen molar-refractivity contribution in [3.05, 3.63) is 58.6 Å². The van der Waals surface area contributed by atoms with Crippen molar-refractivity contribution in [2.45, 2.75) is 13.0 Å². The Morgan fingerprint density at radius 2 is 1.87 bits per heavy atom. The highest BCUT2D eigenvalue weighted by molar-refractivity contribution is 6.35. The number of hydrazone groups is 1. The van der Waals surface area contributed by atoms with E-state index < -0.39 is 6.04 Å². The number of carbonyl (C=O) groups is 1. The van der Waals surface area contributed by atoms with Crippen LogP contribution in [-0.2, 0) is 4.79 Å². The molecule has 1 amide bonds. The van der Waals surface area contributed by atoms with Crippen LogP contribution in [0.4, 0.5) is 11.4 Å². The Kier molecular flexibility index (Phi) is 4.41. The minimum absolute atomic E-state index is 0.254. The first kappa shape index (κ1) is 15.6. The summed E-state index contributed by atoms with van der Waals surface area (Å²) >= 11 is 12.0. The lowest BCUT2D eigenvalue weighted by Crippen LogP contribution is -2.29. The molecular weight excluding hydrogens is 335 g/mol. The largest absolute Gasteiger partial charge is 0.280 e. The van der Waals surface area contributed by atoms with Gasteiger partial charge in [0, 0.05) is 5.02 Å². The fraction of sp³-hybridized carbons (Fsp3) is 0.125. The van der Waals surface area contributed by atoms with E-state index >= 15 is 0 Å². The summed E-state index contributed by atoms with van der Waals surface area (Å²) in [4.78, 5) is 12.5. The lowest BCUT2D eigenvalue weighted by molar-refractivity contribution is -0.117. The molecule has 0 bridgehead atoms. The highest BCUT2D eigenvalue weighted by Crippen LogP contribution is 2.29. The molecule has 0 radical (unpaired) electrons. The van der Waals surface area contributed by atoms with Crippen molar-refractivity contribution in [3.63, 3.8) is 0 Å². The van der Waals surface area contributed by atoms with E-state index in [9.17, 15) is 4.79 Å². The maximum absolute atomic E-state index is 12.5. The zero-order chi connectivity index (χ0) is 16.4. The molecule has 0 spiro atoms. The number of carbonyl (C=O) groups excluding carboxylic acids is 1.